The fourth-order valence-corrected chi connectivity index (χ4v) is 8.93. The van der Waals surface area contributed by atoms with E-state index in [0.717, 1.165) is 105 Å². The Bertz CT molecular complexity index is 2310. The van der Waals surface area contributed by atoms with Gasteiger partial charge in [-0.3, -0.25) is 19.2 Å². The van der Waals surface area contributed by atoms with Gasteiger partial charge >= 0.3 is 39.0 Å². The predicted molar refractivity (Wildman–Crippen MR) is 236 cm³/mol. The van der Waals surface area contributed by atoms with Gasteiger partial charge in [0.2, 0.25) is 0 Å². The van der Waals surface area contributed by atoms with Crippen molar-refractivity contribution in [2.75, 3.05) is 18.6 Å². The summed E-state index contributed by atoms with van der Waals surface area (Å²) in [7, 11) is -9.31. The maximum absolute atomic E-state index is 11.7. The molecule has 0 aromatic heterocycles. The molecule has 4 N–H and O–H groups in total. The number of aryl methyl sites for hydroxylation is 2. The first-order chi connectivity index (χ1) is 28.3. The molecular formula is C43H43Br3F6N2O6P-. The third-order valence-corrected chi connectivity index (χ3v) is 13.0. The van der Waals surface area contributed by atoms with Gasteiger partial charge in [0.1, 0.15) is 0 Å². The predicted octanol–water partition coefficient (Wildman–Crippen LogP) is 13.8. The van der Waals surface area contributed by atoms with E-state index in [9.17, 15) is 49.2 Å². The van der Waals surface area contributed by atoms with E-state index in [2.05, 4.69) is 59.5 Å². The molecule has 0 saturated carbocycles. The van der Waals surface area contributed by atoms with Crippen molar-refractivity contribution in [2.24, 2.45) is 0 Å². The van der Waals surface area contributed by atoms with Gasteiger partial charge in [-0.15, -0.1) is 0 Å². The standard InChI is InChI=1S/C12H11BrO3.C11H11BrO.C10H10BrNO.C10H11NO.F6P/c1-16-12(15)9-6-5-7-8(11(9)13)3-2-4-10(7)14;1-7-5-6-8-9(11(7)12)3-2-4-10(8)13;11-10-7-2-1-3-9(13)6(7)4-5-8(10)12;11-8-4-5-9-7(6-8)2-1-3-10(9)12;1-7(2,3,4,5)6/h5-6H,2-4H2,1H3;5-6H,2-4H2,1H3;4-5H,1-3,12H2;4-6H,1-3,11H2;/q;;;;-1. The third-order valence-electron chi connectivity index (χ3n) is 10.0. The van der Waals surface area contributed by atoms with Crippen molar-refractivity contribution in [2.45, 2.75) is 84.0 Å². The van der Waals surface area contributed by atoms with Gasteiger partial charge in [0.25, 0.3) is 0 Å². The molecular weight excluding hydrogens is 1030 g/mol. The third kappa shape index (κ3) is 14.6. The van der Waals surface area contributed by atoms with Gasteiger partial charge in [0.05, 0.1) is 12.7 Å². The van der Waals surface area contributed by atoms with Crippen molar-refractivity contribution in [1.82, 2.24) is 0 Å². The van der Waals surface area contributed by atoms with Gasteiger partial charge in [-0.1, -0.05) is 34.1 Å². The van der Waals surface area contributed by atoms with Gasteiger partial charge in [-0.2, -0.15) is 0 Å². The minimum atomic E-state index is -10.7. The molecule has 0 bridgehead atoms. The number of nitrogen functional groups attached to an aromatic ring is 2. The molecule has 330 valence electrons. The van der Waals surface area contributed by atoms with Crippen molar-refractivity contribution in [3.05, 3.63) is 124 Å². The molecule has 4 aliphatic rings. The zero-order valence-corrected chi connectivity index (χ0v) is 38.8. The number of esters is 1. The summed E-state index contributed by atoms with van der Waals surface area (Å²) in [6.07, 6.45) is 10.2. The first-order valence-electron chi connectivity index (χ1n) is 19.1. The Kier molecular flexibility index (Phi) is 16.0. The molecule has 4 aliphatic carbocycles. The van der Waals surface area contributed by atoms with Crippen molar-refractivity contribution >= 4 is 96.1 Å². The molecule has 0 radical (unpaired) electrons. The number of Topliss-reactive ketones (excluding diaryl/α,β-unsaturated/α-hetero) is 4. The average molecular weight is 1070 g/mol. The number of nitrogens with two attached hydrogens (primary N) is 2. The number of anilines is 2. The normalized spacial score (nSPS) is 16.2. The fraction of sp³-hybridized carbons (Fsp3) is 0.326. The van der Waals surface area contributed by atoms with Gasteiger partial charge in [-0.25, -0.2) is 4.79 Å². The number of ether oxygens (including phenoxy) is 1. The SMILES string of the molecule is COC(=O)c1ccc2c(c1Br)CCCC2=O.Cc1ccc2c(c1Br)CCCC2=O.F[P-](F)(F)(F)(F)F.Nc1ccc2c(c1)CCCC2=O.Nc1ccc2c(c1Br)CCCC2=O. The van der Waals surface area contributed by atoms with Crippen LogP contribution in [0.2, 0.25) is 0 Å². The summed E-state index contributed by atoms with van der Waals surface area (Å²) >= 11 is 10.3. The van der Waals surface area contributed by atoms with Crippen LogP contribution < -0.4 is 11.5 Å². The smallest absolute Gasteiger partial charge is 0.163 e. The number of hydrogen-bond acceptors (Lipinski definition) is 8. The zero-order chi connectivity index (χ0) is 45.5. The molecule has 0 unspecified atom stereocenters. The van der Waals surface area contributed by atoms with E-state index in [4.69, 9.17) is 11.5 Å². The van der Waals surface area contributed by atoms with E-state index in [1.807, 2.05) is 30.3 Å². The Labute approximate surface area is 374 Å². The van der Waals surface area contributed by atoms with Crippen LogP contribution >= 0.6 is 55.6 Å². The van der Waals surface area contributed by atoms with Gasteiger partial charge < -0.3 is 16.2 Å². The number of methoxy groups -OCH3 is 1. The molecule has 0 amide bonds. The summed E-state index contributed by atoms with van der Waals surface area (Å²) in [6.45, 7) is 2.06. The van der Waals surface area contributed by atoms with E-state index in [1.165, 1.54) is 18.2 Å². The molecule has 0 saturated heterocycles. The number of benzene rings is 4. The summed E-state index contributed by atoms with van der Waals surface area (Å²) in [4.78, 5) is 57.5. The number of hydrogen-bond donors (Lipinski definition) is 2. The number of carbonyl (C=O) groups is 5. The van der Waals surface area contributed by atoms with E-state index in [0.29, 0.717) is 47.2 Å². The van der Waals surface area contributed by atoms with Crippen LogP contribution in [-0.2, 0) is 30.4 Å². The summed E-state index contributed by atoms with van der Waals surface area (Å²) in [5, 5.41) is 0. The first-order valence-corrected chi connectivity index (χ1v) is 23.5. The Balaban J connectivity index is 0.000000171. The molecule has 4 aromatic rings. The van der Waals surface area contributed by atoms with Crippen LogP contribution in [0.25, 0.3) is 0 Å². The molecule has 0 atom stereocenters. The number of fused-ring (bicyclic) bond motifs is 4. The number of rotatable bonds is 1. The van der Waals surface area contributed by atoms with E-state index in [1.54, 1.807) is 24.3 Å². The molecule has 8 nitrogen and oxygen atoms in total. The topological polar surface area (TPSA) is 147 Å². The largest absolute Gasteiger partial charge is 0.399 e. The second kappa shape index (κ2) is 19.6. The van der Waals surface area contributed by atoms with Crippen LogP contribution in [0.1, 0.15) is 131 Å². The molecule has 0 aliphatic heterocycles. The number of halogens is 9. The minimum absolute atomic E-state index is 0.151. The van der Waals surface area contributed by atoms with Crippen molar-refractivity contribution in [3.8, 4) is 0 Å². The summed E-state index contributed by atoms with van der Waals surface area (Å²) in [5.74, 6) is 0.561. The Hall–Kier alpha value is -3.92. The quantitative estimate of drug-likeness (QED) is 0.0829. The Morgan fingerprint density at radius 2 is 0.951 bits per heavy atom. The van der Waals surface area contributed by atoms with Crippen LogP contribution in [-0.4, -0.2) is 36.2 Å². The average Bonchev–Trinajstić information content (AvgIpc) is 3.18. The van der Waals surface area contributed by atoms with Crippen LogP contribution in [0.5, 0.6) is 0 Å². The molecule has 4 aromatic carbocycles. The molecule has 18 heteroatoms. The van der Waals surface area contributed by atoms with Crippen LogP contribution in [0.15, 0.2) is 68.0 Å². The maximum Gasteiger partial charge on any atom is 0.163 e. The second-order valence-electron chi connectivity index (χ2n) is 14.6. The Morgan fingerprint density at radius 3 is 1.44 bits per heavy atom. The molecule has 0 spiro atoms. The maximum atomic E-state index is 11.7. The van der Waals surface area contributed by atoms with Crippen LogP contribution in [0.4, 0.5) is 36.6 Å². The fourth-order valence-electron chi connectivity index (χ4n) is 7.13. The Morgan fingerprint density at radius 1 is 0.557 bits per heavy atom. The summed E-state index contributed by atoms with van der Waals surface area (Å²) < 4.78 is 66.6. The number of ketones is 4. The summed E-state index contributed by atoms with van der Waals surface area (Å²) in [6, 6.07) is 16.5. The van der Waals surface area contributed by atoms with Gasteiger partial charge in [0.15, 0.2) is 23.1 Å². The van der Waals surface area contributed by atoms with Gasteiger partial charge in [-0.05, 0) is 154 Å². The van der Waals surface area contributed by atoms with E-state index >= 15 is 0 Å². The first kappa shape index (κ1) is 49.7. The van der Waals surface area contributed by atoms with Crippen molar-refractivity contribution in [3.63, 3.8) is 0 Å². The zero-order valence-electron chi connectivity index (χ0n) is 33.1. The second-order valence-corrected chi connectivity index (χ2v) is 18.9. The van der Waals surface area contributed by atoms with E-state index in [-0.39, 0.29) is 23.3 Å². The number of carbonyl (C=O) groups excluding carboxylic acids is 5. The van der Waals surface area contributed by atoms with E-state index < -0.39 is 7.81 Å². The minimum Gasteiger partial charge on any atom is -0.399 e. The van der Waals surface area contributed by atoms with Crippen LogP contribution in [0.3, 0.4) is 0 Å². The van der Waals surface area contributed by atoms with Crippen molar-refractivity contribution < 1.29 is 53.9 Å². The van der Waals surface area contributed by atoms with Crippen LogP contribution in [0, 0.1) is 6.92 Å². The molecule has 0 heterocycles. The monoisotopic (exact) mass is 1070 g/mol. The van der Waals surface area contributed by atoms with Crippen molar-refractivity contribution in [1.29, 1.82) is 0 Å². The molecule has 0 fully saturated rings. The van der Waals surface area contributed by atoms with Gasteiger partial charge in [0, 0.05) is 72.7 Å². The summed E-state index contributed by atoms with van der Waals surface area (Å²) in [5.41, 5.74) is 22.2. The molecule has 8 rings (SSSR count). The molecule has 61 heavy (non-hydrogen) atoms.